The Labute approximate surface area is 78.3 Å². The van der Waals surface area contributed by atoms with Gasteiger partial charge in [0.1, 0.15) is 5.82 Å². The molecule has 1 N–H and O–H groups in total. The van der Waals surface area contributed by atoms with Crippen LogP contribution in [0.1, 0.15) is 13.8 Å². The summed E-state index contributed by atoms with van der Waals surface area (Å²) in [5.41, 5.74) is 0. The zero-order valence-electron chi connectivity index (χ0n) is 8.15. The number of nitrogens with one attached hydrogen (secondary N) is 1. The van der Waals surface area contributed by atoms with Crippen molar-refractivity contribution in [2.45, 2.75) is 19.9 Å². The molecule has 1 atom stereocenters. The number of nitrogens with zero attached hydrogens (tertiary/aromatic N) is 3. The van der Waals surface area contributed by atoms with Crippen LogP contribution < -0.4 is 5.32 Å². The maximum Gasteiger partial charge on any atom is 0.145 e. The minimum atomic E-state index is 0.0252. The Bertz CT molecular complexity index is 308. The van der Waals surface area contributed by atoms with Crippen LogP contribution in [-0.4, -0.2) is 21.0 Å². The highest BCUT2D eigenvalue weighted by atomic mass is 15.4. The summed E-state index contributed by atoms with van der Waals surface area (Å²) in [5.74, 6) is 3.92. The molecule has 1 heterocycles. The van der Waals surface area contributed by atoms with Crippen LogP contribution >= 0.6 is 0 Å². The molecular weight excluding hydrogens is 164 g/mol. The highest BCUT2D eigenvalue weighted by molar-refractivity contribution is 5.35. The first-order valence-corrected chi connectivity index (χ1v) is 4.22. The first-order valence-electron chi connectivity index (χ1n) is 4.22. The van der Waals surface area contributed by atoms with E-state index in [2.05, 4.69) is 35.4 Å². The molecule has 4 heteroatoms. The smallest absolute Gasteiger partial charge is 0.145 e. The quantitative estimate of drug-likeness (QED) is 0.699. The number of terminal acetylenes is 1. The predicted molar refractivity (Wildman–Crippen MR) is 52.1 cm³/mol. The number of aromatic nitrogens is 3. The van der Waals surface area contributed by atoms with E-state index < -0.39 is 0 Å². The fraction of sp³-hybridized carbons (Fsp3) is 0.556. The van der Waals surface area contributed by atoms with Gasteiger partial charge in [-0.3, -0.25) is 0 Å². The Morgan fingerprint density at radius 3 is 2.69 bits per heavy atom. The van der Waals surface area contributed by atoms with Crippen molar-refractivity contribution in [3.8, 4) is 12.3 Å². The molecular formula is C9H14N4. The molecule has 0 aliphatic rings. The molecule has 0 amide bonds. The van der Waals surface area contributed by atoms with Crippen molar-refractivity contribution < 1.29 is 0 Å². The molecule has 0 saturated carbocycles. The lowest BCUT2D eigenvalue weighted by molar-refractivity contribution is 0.605. The van der Waals surface area contributed by atoms with E-state index in [0.29, 0.717) is 5.92 Å². The normalized spacial score (nSPS) is 12.5. The lowest BCUT2D eigenvalue weighted by Gasteiger charge is -2.16. The Morgan fingerprint density at radius 2 is 2.31 bits per heavy atom. The van der Waals surface area contributed by atoms with Crippen molar-refractivity contribution in [3.05, 3.63) is 6.20 Å². The predicted octanol–water partition coefficient (Wildman–Crippen LogP) is 0.885. The van der Waals surface area contributed by atoms with Crippen LogP contribution in [-0.2, 0) is 7.05 Å². The number of anilines is 1. The Kier molecular flexibility index (Phi) is 2.91. The van der Waals surface area contributed by atoms with Crippen molar-refractivity contribution in [1.82, 2.24) is 15.0 Å². The fourth-order valence-electron chi connectivity index (χ4n) is 0.980. The van der Waals surface area contributed by atoms with E-state index in [1.807, 2.05) is 7.05 Å². The fourth-order valence-corrected chi connectivity index (χ4v) is 0.980. The van der Waals surface area contributed by atoms with Crippen molar-refractivity contribution in [2.24, 2.45) is 13.0 Å². The van der Waals surface area contributed by atoms with Crippen LogP contribution in [0, 0.1) is 18.3 Å². The van der Waals surface area contributed by atoms with E-state index in [1.165, 1.54) is 0 Å². The Hall–Kier alpha value is -1.50. The Balaban J connectivity index is 2.69. The minimum absolute atomic E-state index is 0.0252. The maximum absolute atomic E-state index is 5.38. The number of hydrogen-bond acceptors (Lipinski definition) is 3. The van der Waals surface area contributed by atoms with Gasteiger partial charge in [0, 0.05) is 7.05 Å². The topological polar surface area (TPSA) is 42.7 Å². The standard InChI is InChI=1S/C9H14N4/c1-5-8(7(2)3)11-9-6-10-12-13(9)4/h1,6-8,11H,2-4H3. The van der Waals surface area contributed by atoms with Crippen LogP contribution in [0.2, 0.25) is 0 Å². The van der Waals surface area contributed by atoms with Gasteiger partial charge < -0.3 is 5.32 Å². The average Bonchev–Trinajstić information content (AvgIpc) is 2.46. The van der Waals surface area contributed by atoms with Gasteiger partial charge in [0.2, 0.25) is 0 Å². The van der Waals surface area contributed by atoms with E-state index in [1.54, 1.807) is 10.9 Å². The van der Waals surface area contributed by atoms with Gasteiger partial charge in [-0.1, -0.05) is 25.0 Å². The third kappa shape index (κ3) is 2.22. The molecule has 0 fully saturated rings. The number of rotatable bonds is 3. The molecule has 1 aromatic rings. The SMILES string of the molecule is C#CC(Nc1cnnn1C)C(C)C. The Morgan fingerprint density at radius 1 is 1.62 bits per heavy atom. The second kappa shape index (κ2) is 3.94. The van der Waals surface area contributed by atoms with E-state index in [0.717, 1.165) is 5.82 Å². The summed E-state index contributed by atoms with van der Waals surface area (Å²) in [6.07, 6.45) is 7.04. The molecule has 4 nitrogen and oxygen atoms in total. The van der Waals surface area contributed by atoms with Crippen molar-refractivity contribution in [3.63, 3.8) is 0 Å². The molecule has 0 aliphatic carbocycles. The second-order valence-corrected chi connectivity index (χ2v) is 3.28. The zero-order chi connectivity index (χ0) is 9.84. The first-order chi connectivity index (χ1) is 6.15. The average molecular weight is 178 g/mol. The third-order valence-electron chi connectivity index (χ3n) is 1.86. The van der Waals surface area contributed by atoms with E-state index >= 15 is 0 Å². The summed E-state index contributed by atoms with van der Waals surface area (Å²) < 4.78 is 1.66. The number of aryl methyl sites for hydroxylation is 1. The van der Waals surface area contributed by atoms with Crippen LogP contribution in [0.4, 0.5) is 5.82 Å². The third-order valence-corrected chi connectivity index (χ3v) is 1.86. The lowest BCUT2D eigenvalue weighted by Crippen LogP contribution is -2.24. The van der Waals surface area contributed by atoms with Gasteiger partial charge in [-0.05, 0) is 5.92 Å². The summed E-state index contributed by atoms with van der Waals surface area (Å²) in [4.78, 5) is 0. The van der Waals surface area contributed by atoms with Gasteiger partial charge in [0.15, 0.2) is 0 Å². The van der Waals surface area contributed by atoms with Crippen LogP contribution in [0.3, 0.4) is 0 Å². The highest BCUT2D eigenvalue weighted by Gasteiger charge is 2.11. The minimum Gasteiger partial charge on any atom is -0.355 e. The van der Waals surface area contributed by atoms with Gasteiger partial charge in [-0.15, -0.1) is 11.5 Å². The molecule has 0 aromatic carbocycles. The molecule has 0 aliphatic heterocycles. The van der Waals surface area contributed by atoms with Crippen molar-refractivity contribution in [1.29, 1.82) is 0 Å². The van der Waals surface area contributed by atoms with Gasteiger partial charge in [-0.25, -0.2) is 4.68 Å². The van der Waals surface area contributed by atoms with E-state index in [9.17, 15) is 0 Å². The van der Waals surface area contributed by atoms with Gasteiger partial charge in [0.25, 0.3) is 0 Å². The molecule has 1 unspecified atom stereocenters. The first kappa shape index (κ1) is 9.59. The van der Waals surface area contributed by atoms with Gasteiger partial charge in [-0.2, -0.15) is 0 Å². The van der Waals surface area contributed by atoms with E-state index in [4.69, 9.17) is 6.42 Å². The summed E-state index contributed by atoms with van der Waals surface area (Å²) in [5, 5.41) is 10.7. The summed E-state index contributed by atoms with van der Waals surface area (Å²) in [6.45, 7) is 4.14. The van der Waals surface area contributed by atoms with Crippen LogP contribution in [0.5, 0.6) is 0 Å². The van der Waals surface area contributed by atoms with Gasteiger partial charge >= 0.3 is 0 Å². The highest BCUT2D eigenvalue weighted by Crippen LogP contribution is 2.09. The van der Waals surface area contributed by atoms with Crippen LogP contribution in [0.15, 0.2) is 6.20 Å². The second-order valence-electron chi connectivity index (χ2n) is 3.28. The summed E-state index contributed by atoms with van der Waals surface area (Å²) in [7, 11) is 1.82. The lowest BCUT2D eigenvalue weighted by atomic mass is 10.1. The van der Waals surface area contributed by atoms with Gasteiger partial charge in [0.05, 0.1) is 12.2 Å². The summed E-state index contributed by atoms with van der Waals surface area (Å²) in [6, 6.07) is 0.0252. The molecule has 0 bridgehead atoms. The van der Waals surface area contributed by atoms with Crippen molar-refractivity contribution in [2.75, 3.05) is 5.32 Å². The molecule has 1 aromatic heterocycles. The molecule has 0 spiro atoms. The molecule has 0 saturated heterocycles. The summed E-state index contributed by atoms with van der Waals surface area (Å²) >= 11 is 0. The monoisotopic (exact) mass is 178 g/mol. The van der Waals surface area contributed by atoms with Crippen LogP contribution in [0.25, 0.3) is 0 Å². The zero-order valence-corrected chi connectivity index (χ0v) is 8.15. The molecule has 0 radical (unpaired) electrons. The largest absolute Gasteiger partial charge is 0.355 e. The maximum atomic E-state index is 5.38. The van der Waals surface area contributed by atoms with Crippen molar-refractivity contribution >= 4 is 5.82 Å². The molecule has 13 heavy (non-hydrogen) atoms. The number of hydrogen-bond donors (Lipinski definition) is 1. The molecule has 70 valence electrons. The van der Waals surface area contributed by atoms with E-state index in [-0.39, 0.29) is 6.04 Å². The molecule has 1 rings (SSSR count).